The Morgan fingerprint density at radius 2 is 2.00 bits per heavy atom. The van der Waals surface area contributed by atoms with Gasteiger partial charge in [-0.25, -0.2) is 8.42 Å². The molecule has 3 aromatic rings. The molecule has 0 bridgehead atoms. The highest BCUT2D eigenvalue weighted by Crippen LogP contribution is 2.32. The van der Waals surface area contributed by atoms with E-state index in [2.05, 4.69) is 10.2 Å². The van der Waals surface area contributed by atoms with E-state index in [1.54, 1.807) is 41.7 Å². The second-order valence-corrected chi connectivity index (χ2v) is 8.34. The molecule has 6 nitrogen and oxygen atoms in total. The minimum absolute atomic E-state index is 0.0663. The van der Waals surface area contributed by atoms with Crippen molar-refractivity contribution in [1.29, 1.82) is 0 Å². The molecule has 0 aliphatic carbocycles. The van der Waals surface area contributed by atoms with Gasteiger partial charge in [-0.15, -0.1) is 10.2 Å². The zero-order valence-electron chi connectivity index (χ0n) is 12.7. The largest absolute Gasteiger partial charge is 0.420 e. The zero-order chi connectivity index (χ0) is 16.6. The highest BCUT2D eigenvalue weighted by atomic mass is 32.2. The van der Waals surface area contributed by atoms with Gasteiger partial charge in [0.1, 0.15) is 0 Å². The lowest BCUT2D eigenvalue weighted by atomic mass is 10.1. The maximum atomic E-state index is 12.7. The van der Waals surface area contributed by atoms with Crippen molar-refractivity contribution < 1.29 is 12.8 Å². The third-order valence-electron chi connectivity index (χ3n) is 4.09. The van der Waals surface area contributed by atoms with E-state index < -0.39 is 10.0 Å². The summed E-state index contributed by atoms with van der Waals surface area (Å²) in [5.74, 6) is 0.918. The number of hydrogen-bond acceptors (Lipinski definition) is 6. The van der Waals surface area contributed by atoms with Crippen LogP contribution in [-0.2, 0) is 10.0 Å². The first kappa shape index (κ1) is 15.5. The molecule has 0 spiro atoms. The SMILES string of the molecule is O=S(=O)(c1ccccc1)N1CC[C@H](c2nnc(-c3ccsc3)o2)C1. The van der Waals surface area contributed by atoms with Crippen LogP contribution in [0.25, 0.3) is 11.5 Å². The van der Waals surface area contributed by atoms with E-state index in [-0.39, 0.29) is 5.92 Å². The minimum atomic E-state index is -3.47. The number of sulfonamides is 1. The molecule has 1 saturated heterocycles. The summed E-state index contributed by atoms with van der Waals surface area (Å²) >= 11 is 1.56. The second kappa shape index (κ2) is 6.12. The van der Waals surface area contributed by atoms with E-state index in [9.17, 15) is 8.42 Å². The van der Waals surface area contributed by atoms with Crippen LogP contribution in [0.15, 0.2) is 56.5 Å². The summed E-state index contributed by atoms with van der Waals surface area (Å²) in [4.78, 5) is 0.315. The van der Waals surface area contributed by atoms with Crippen molar-refractivity contribution in [2.24, 2.45) is 0 Å². The molecular weight excluding hydrogens is 346 g/mol. The molecule has 24 heavy (non-hydrogen) atoms. The molecule has 1 atom stereocenters. The van der Waals surface area contributed by atoms with Crippen LogP contribution in [0.3, 0.4) is 0 Å². The van der Waals surface area contributed by atoms with Crippen LogP contribution in [0, 0.1) is 0 Å². The number of thiophene rings is 1. The van der Waals surface area contributed by atoms with Gasteiger partial charge in [-0.3, -0.25) is 0 Å². The van der Waals surface area contributed by atoms with E-state index in [1.807, 2.05) is 16.8 Å². The Labute approximate surface area is 143 Å². The van der Waals surface area contributed by atoms with Crippen LogP contribution in [0.5, 0.6) is 0 Å². The normalized spacial score (nSPS) is 18.9. The van der Waals surface area contributed by atoms with Crippen molar-refractivity contribution in [3.63, 3.8) is 0 Å². The molecule has 4 rings (SSSR count). The molecule has 0 unspecified atom stereocenters. The molecule has 0 radical (unpaired) electrons. The predicted octanol–water partition coefficient (Wildman–Crippen LogP) is 2.98. The summed E-state index contributed by atoms with van der Waals surface area (Å²) in [6.45, 7) is 0.820. The van der Waals surface area contributed by atoms with Crippen LogP contribution in [0.4, 0.5) is 0 Å². The fraction of sp³-hybridized carbons (Fsp3) is 0.250. The standard InChI is InChI=1S/C16H15N3O3S2/c20-24(21,14-4-2-1-3-5-14)19-8-6-12(10-19)15-17-18-16(22-15)13-7-9-23-11-13/h1-5,7,9,11-12H,6,8,10H2/t12-/m0/s1. The average molecular weight is 361 g/mol. The smallest absolute Gasteiger partial charge is 0.248 e. The Morgan fingerprint density at radius 3 is 2.75 bits per heavy atom. The third-order valence-corrected chi connectivity index (χ3v) is 6.65. The van der Waals surface area contributed by atoms with E-state index in [0.29, 0.717) is 36.2 Å². The fourth-order valence-electron chi connectivity index (χ4n) is 2.79. The number of nitrogens with zero attached hydrogens (tertiary/aromatic N) is 3. The number of aromatic nitrogens is 2. The number of benzene rings is 1. The van der Waals surface area contributed by atoms with Gasteiger partial charge >= 0.3 is 0 Å². The Bertz CT molecular complexity index is 921. The van der Waals surface area contributed by atoms with Crippen molar-refractivity contribution in [1.82, 2.24) is 14.5 Å². The van der Waals surface area contributed by atoms with Crippen molar-refractivity contribution in [3.8, 4) is 11.5 Å². The molecule has 0 saturated carbocycles. The first-order valence-corrected chi connectivity index (χ1v) is 9.94. The fourth-order valence-corrected chi connectivity index (χ4v) is 4.94. The van der Waals surface area contributed by atoms with Crippen LogP contribution in [0.2, 0.25) is 0 Å². The van der Waals surface area contributed by atoms with Crippen LogP contribution < -0.4 is 0 Å². The second-order valence-electron chi connectivity index (χ2n) is 5.62. The van der Waals surface area contributed by atoms with Gasteiger partial charge in [0.2, 0.25) is 21.8 Å². The maximum Gasteiger partial charge on any atom is 0.248 e. The summed E-state index contributed by atoms with van der Waals surface area (Å²) in [5.41, 5.74) is 0.894. The summed E-state index contributed by atoms with van der Waals surface area (Å²) in [6.07, 6.45) is 0.678. The first-order chi connectivity index (χ1) is 11.6. The highest BCUT2D eigenvalue weighted by molar-refractivity contribution is 7.89. The predicted molar refractivity (Wildman–Crippen MR) is 90.2 cm³/mol. The lowest BCUT2D eigenvalue weighted by molar-refractivity contribution is 0.440. The van der Waals surface area contributed by atoms with Crippen molar-refractivity contribution >= 4 is 21.4 Å². The summed E-state index contributed by atoms with van der Waals surface area (Å²) < 4.78 is 32.6. The first-order valence-electron chi connectivity index (χ1n) is 7.56. The molecule has 1 aliphatic heterocycles. The lowest BCUT2D eigenvalue weighted by Crippen LogP contribution is -2.28. The Kier molecular flexibility index (Phi) is 3.95. The Hall–Kier alpha value is -2.03. The average Bonchev–Trinajstić information content (AvgIpc) is 3.34. The van der Waals surface area contributed by atoms with Crippen LogP contribution >= 0.6 is 11.3 Å². The molecule has 2 aromatic heterocycles. The molecule has 1 aliphatic rings. The zero-order valence-corrected chi connectivity index (χ0v) is 14.3. The van der Waals surface area contributed by atoms with E-state index in [0.717, 1.165) is 5.56 Å². The minimum Gasteiger partial charge on any atom is -0.420 e. The molecule has 1 fully saturated rings. The van der Waals surface area contributed by atoms with Gasteiger partial charge in [0.15, 0.2) is 0 Å². The molecule has 0 amide bonds. The van der Waals surface area contributed by atoms with Crippen LogP contribution in [0.1, 0.15) is 18.2 Å². The third kappa shape index (κ3) is 2.77. The topological polar surface area (TPSA) is 76.3 Å². The number of hydrogen-bond donors (Lipinski definition) is 0. The monoisotopic (exact) mass is 361 g/mol. The van der Waals surface area contributed by atoms with Crippen molar-refractivity contribution in [2.75, 3.05) is 13.1 Å². The van der Waals surface area contributed by atoms with E-state index in [4.69, 9.17) is 4.42 Å². The molecular formula is C16H15N3O3S2. The Balaban J connectivity index is 1.53. The highest BCUT2D eigenvalue weighted by Gasteiger charge is 2.35. The summed E-state index contributed by atoms with van der Waals surface area (Å²) in [5, 5.41) is 12.1. The van der Waals surface area contributed by atoms with E-state index in [1.165, 1.54) is 4.31 Å². The van der Waals surface area contributed by atoms with Gasteiger partial charge in [-0.1, -0.05) is 18.2 Å². The maximum absolute atomic E-state index is 12.7. The molecule has 1 aromatic carbocycles. The van der Waals surface area contributed by atoms with Crippen LogP contribution in [-0.4, -0.2) is 36.0 Å². The van der Waals surface area contributed by atoms with Gasteiger partial charge in [-0.05, 0) is 30.0 Å². The van der Waals surface area contributed by atoms with Gasteiger partial charge in [0, 0.05) is 24.0 Å². The van der Waals surface area contributed by atoms with Crippen molar-refractivity contribution in [3.05, 3.63) is 53.0 Å². The summed E-state index contributed by atoms with van der Waals surface area (Å²) in [6, 6.07) is 10.4. The van der Waals surface area contributed by atoms with Gasteiger partial charge in [0.05, 0.1) is 10.8 Å². The molecule has 8 heteroatoms. The number of rotatable bonds is 4. The van der Waals surface area contributed by atoms with Crippen molar-refractivity contribution in [2.45, 2.75) is 17.2 Å². The quantitative estimate of drug-likeness (QED) is 0.714. The Morgan fingerprint density at radius 1 is 1.17 bits per heavy atom. The van der Waals surface area contributed by atoms with Gasteiger partial charge in [-0.2, -0.15) is 15.6 Å². The van der Waals surface area contributed by atoms with Gasteiger partial charge in [0.25, 0.3) is 0 Å². The summed E-state index contributed by atoms with van der Waals surface area (Å²) in [7, 11) is -3.47. The molecule has 0 N–H and O–H groups in total. The van der Waals surface area contributed by atoms with E-state index >= 15 is 0 Å². The molecule has 124 valence electrons. The van der Waals surface area contributed by atoms with Gasteiger partial charge < -0.3 is 4.42 Å². The molecule has 3 heterocycles. The lowest BCUT2D eigenvalue weighted by Gasteiger charge is -2.15.